The van der Waals surface area contributed by atoms with Crippen molar-refractivity contribution in [1.82, 2.24) is 0 Å². The molecule has 1 N–H and O–H groups in total. The van der Waals surface area contributed by atoms with E-state index in [9.17, 15) is 4.79 Å². The highest BCUT2D eigenvalue weighted by molar-refractivity contribution is 5.83. The number of aromatic hydroxyl groups is 1. The molecule has 2 heteroatoms. The fourth-order valence-electron chi connectivity index (χ4n) is 1.69. The zero-order chi connectivity index (χ0) is 9.97. The summed E-state index contributed by atoms with van der Waals surface area (Å²) in [4.78, 5) is 11.6. The van der Waals surface area contributed by atoms with Gasteiger partial charge in [-0.15, -0.1) is 0 Å². The van der Waals surface area contributed by atoms with E-state index in [4.69, 9.17) is 5.11 Å². The smallest absolute Gasteiger partial charge is 0.140 e. The molecule has 0 bridgehead atoms. The van der Waals surface area contributed by atoms with Crippen LogP contribution in [0.25, 0.3) is 0 Å². The van der Waals surface area contributed by atoms with Crippen LogP contribution in [0.3, 0.4) is 0 Å². The molecule has 1 aromatic rings. The van der Waals surface area contributed by atoms with Gasteiger partial charge < -0.3 is 5.11 Å². The van der Waals surface area contributed by atoms with Crippen molar-refractivity contribution in [2.24, 2.45) is 5.92 Å². The third-order valence-electron chi connectivity index (χ3n) is 2.88. The maximum absolute atomic E-state index is 11.6. The second kappa shape index (κ2) is 3.82. The SMILES string of the molecule is O=C(Cc1ccc(O)cc1)C1CCC1. The van der Waals surface area contributed by atoms with Crippen LogP contribution < -0.4 is 0 Å². The summed E-state index contributed by atoms with van der Waals surface area (Å²) < 4.78 is 0. The van der Waals surface area contributed by atoms with E-state index < -0.39 is 0 Å². The van der Waals surface area contributed by atoms with E-state index in [-0.39, 0.29) is 5.75 Å². The van der Waals surface area contributed by atoms with Crippen LogP contribution in [-0.2, 0) is 11.2 Å². The van der Waals surface area contributed by atoms with Crippen molar-refractivity contribution < 1.29 is 9.90 Å². The summed E-state index contributed by atoms with van der Waals surface area (Å²) >= 11 is 0. The monoisotopic (exact) mass is 190 g/mol. The summed E-state index contributed by atoms with van der Waals surface area (Å²) in [7, 11) is 0. The molecule has 1 aliphatic rings. The quantitative estimate of drug-likeness (QED) is 0.794. The second-order valence-electron chi connectivity index (χ2n) is 3.94. The number of carbonyl (C=O) groups is 1. The van der Waals surface area contributed by atoms with Gasteiger partial charge in [-0.1, -0.05) is 18.6 Å². The number of hydrogen-bond acceptors (Lipinski definition) is 2. The van der Waals surface area contributed by atoms with E-state index >= 15 is 0 Å². The average Bonchev–Trinajstić information content (AvgIpc) is 2.06. The predicted molar refractivity (Wildman–Crippen MR) is 54.2 cm³/mol. The van der Waals surface area contributed by atoms with Gasteiger partial charge in [0, 0.05) is 12.3 Å². The van der Waals surface area contributed by atoms with Gasteiger partial charge in [0.05, 0.1) is 0 Å². The second-order valence-corrected chi connectivity index (χ2v) is 3.94. The molecule has 74 valence electrons. The largest absolute Gasteiger partial charge is 0.508 e. The van der Waals surface area contributed by atoms with Gasteiger partial charge in [0.25, 0.3) is 0 Å². The van der Waals surface area contributed by atoms with Crippen molar-refractivity contribution in [3.8, 4) is 5.75 Å². The molecule has 1 fully saturated rings. The number of ketones is 1. The molecule has 0 aliphatic heterocycles. The maximum atomic E-state index is 11.6. The van der Waals surface area contributed by atoms with Gasteiger partial charge in [0.1, 0.15) is 11.5 Å². The van der Waals surface area contributed by atoms with Crippen molar-refractivity contribution in [2.45, 2.75) is 25.7 Å². The fourth-order valence-corrected chi connectivity index (χ4v) is 1.69. The molecule has 1 aliphatic carbocycles. The summed E-state index contributed by atoms with van der Waals surface area (Å²) in [6, 6.07) is 6.88. The molecule has 14 heavy (non-hydrogen) atoms. The molecule has 0 amide bonds. The minimum absolute atomic E-state index is 0.254. The molecular formula is C12H14O2. The number of phenols is 1. The Morgan fingerprint density at radius 1 is 1.29 bits per heavy atom. The fraction of sp³-hybridized carbons (Fsp3) is 0.417. The topological polar surface area (TPSA) is 37.3 Å². The highest BCUT2D eigenvalue weighted by atomic mass is 16.3. The van der Waals surface area contributed by atoms with Gasteiger partial charge in [0.15, 0.2) is 0 Å². The van der Waals surface area contributed by atoms with E-state index in [1.165, 1.54) is 6.42 Å². The third-order valence-corrected chi connectivity index (χ3v) is 2.88. The van der Waals surface area contributed by atoms with Crippen LogP contribution in [0.2, 0.25) is 0 Å². The summed E-state index contributed by atoms with van der Waals surface area (Å²) in [6.07, 6.45) is 3.85. The van der Waals surface area contributed by atoms with Crippen molar-refractivity contribution in [2.75, 3.05) is 0 Å². The standard InChI is InChI=1S/C12H14O2/c13-11-6-4-9(5-7-11)8-12(14)10-2-1-3-10/h4-7,10,13H,1-3,8H2. The molecular weight excluding hydrogens is 176 g/mol. The van der Waals surface area contributed by atoms with Gasteiger partial charge in [-0.25, -0.2) is 0 Å². The number of Topliss-reactive ketones (excluding diaryl/α,β-unsaturated/α-hetero) is 1. The molecule has 2 rings (SSSR count). The minimum atomic E-state index is 0.254. The van der Waals surface area contributed by atoms with E-state index in [0.29, 0.717) is 18.1 Å². The molecule has 2 nitrogen and oxygen atoms in total. The summed E-state index contributed by atoms with van der Waals surface area (Å²) in [5.41, 5.74) is 1.000. The van der Waals surface area contributed by atoms with E-state index in [2.05, 4.69) is 0 Å². The van der Waals surface area contributed by atoms with E-state index in [0.717, 1.165) is 18.4 Å². The molecule has 1 aromatic carbocycles. The van der Waals surface area contributed by atoms with Crippen molar-refractivity contribution in [3.63, 3.8) is 0 Å². The van der Waals surface area contributed by atoms with Gasteiger partial charge in [-0.05, 0) is 30.5 Å². The molecule has 0 spiro atoms. The Kier molecular flexibility index (Phi) is 2.53. The maximum Gasteiger partial charge on any atom is 0.140 e. The number of phenolic OH excluding ortho intramolecular Hbond substituents is 1. The molecule has 0 aromatic heterocycles. The molecule has 0 unspecified atom stereocenters. The van der Waals surface area contributed by atoms with Crippen LogP contribution in [0.5, 0.6) is 5.75 Å². The molecule has 0 radical (unpaired) electrons. The normalized spacial score (nSPS) is 16.3. The number of carbonyl (C=O) groups excluding carboxylic acids is 1. The molecule has 0 atom stereocenters. The van der Waals surface area contributed by atoms with Crippen molar-refractivity contribution in [3.05, 3.63) is 29.8 Å². The first-order valence-electron chi connectivity index (χ1n) is 5.06. The Bertz CT molecular complexity index is 323. The van der Waals surface area contributed by atoms with Gasteiger partial charge >= 0.3 is 0 Å². The van der Waals surface area contributed by atoms with Crippen LogP contribution in [-0.4, -0.2) is 10.9 Å². The van der Waals surface area contributed by atoms with E-state index in [1.54, 1.807) is 12.1 Å². The van der Waals surface area contributed by atoms with Crippen LogP contribution in [0, 0.1) is 5.92 Å². The van der Waals surface area contributed by atoms with Crippen molar-refractivity contribution >= 4 is 5.78 Å². The number of hydrogen-bond donors (Lipinski definition) is 1. The highest BCUT2D eigenvalue weighted by Crippen LogP contribution is 2.28. The third kappa shape index (κ3) is 1.95. The Balaban J connectivity index is 1.96. The van der Waals surface area contributed by atoms with Crippen LogP contribution >= 0.6 is 0 Å². The Labute approximate surface area is 83.6 Å². The first kappa shape index (κ1) is 9.25. The first-order valence-corrected chi connectivity index (χ1v) is 5.06. The van der Waals surface area contributed by atoms with E-state index in [1.807, 2.05) is 12.1 Å². The summed E-state index contributed by atoms with van der Waals surface area (Å²) in [5, 5.41) is 9.07. The Morgan fingerprint density at radius 2 is 1.93 bits per heavy atom. The molecule has 1 saturated carbocycles. The minimum Gasteiger partial charge on any atom is -0.508 e. The Hall–Kier alpha value is -1.31. The Morgan fingerprint density at radius 3 is 2.43 bits per heavy atom. The van der Waals surface area contributed by atoms with Gasteiger partial charge in [-0.3, -0.25) is 4.79 Å². The lowest BCUT2D eigenvalue weighted by Gasteiger charge is -2.23. The zero-order valence-corrected chi connectivity index (χ0v) is 8.07. The van der Waals surface area contributed by atoms with Gasteiger partial charge in [-0.2, -0.15) is 0 Å². The van der Waals surface area contributed by atoms with Crippen LogP contribution in [0.15, 0.2) is 24.3 Å². The zero-order valence-electron chi connectivity index (χ0n) is 8.07. The highest BCUT2D eigenvalue weighted by Gasteiger charge is 2.24. The molecule has 0 heterocycles. The average molecular weight is 190 g/mol. The first-order chi connectivity index (χ1) is 6.75. The van der Waals surface area contributed by atoms with Crippen LogP contribution in [0.4, 0.5) is 0 Å². The lowest BCUT2D eigenvalue weighted by atomic mass is 9.80. The predicted octanol–water partition coefficient (Wildman–Crippen LogP) is 2.30. The lowest BCUT2D eigenvalue weighted by molar-refractivity contribution is -0.124. The number of rotatable bonds is 3. The lowest BCUT2D eigenvalue weighted by Crippen LogP contribution is -2.23. The van der Waals surface area contributed by atoms with Crippen molar-refractivity contribution in [1.29, 1.82) is 0 Å². The van der Waals surface area contributed by atoms with Gasteiger partial charge in [0.2, 0.25) is 0 Å². The summed E-state index contributed by atoms with van der Waals surface area (Å²) in [5.74, 6) is 0.913. The number of benzene rings is 1. The van der Waals surface area contributed by atoms with Crippen LogP contribution in [0.1, 0.15) is 24.8 Å². The summed E-state index contributed by atoms with van der Waals surface area (Å²) in [6.45, 7) is 0. The molecule has 0 saturated heterocycles.